The molecule has 0 saturated heterocycles. The molecule has 0 heterocycles. The summed E-state index contributed by atoms with van der Waals surface area (Å²) < 4.78 is 12.8. The molecule has 1 aromatic rings. The molecule has 0 aliphatic heterocycles. The van der Waals surface area contributed by atoms with E-state index in [9.17, 15) is 14.0 Å². The van der Waals surface area contributed by atoms with Crippen LogP contribution in [0.3, 0.4) is 0 Å². The summed E-state index contributed by atoms with van der Waals surface area (Å²) in [5, 5.41) is 0. The standard InChI is InChI=1S/C11H11FN2O2/c1-8(15)13-14-11(16)6-5-9-3-2-4-10(12)7-9/h2-7H,1H3,(H,13,15)(H,14,16)/b6-5+. The quantitative estimate of drug-likeness (QED) is 0.579. The highest BCUT2D eigenvalue weighted by Crippen LogP contribution is 2.04. The third-order valence-electron chi connectivity index (χ3n) is 1.64. The van der Waals surface area contributed by atoms with Gasteiger partial charge in [-0.25, -0.2) is 4.39 Å². The second kappa shape index (κ2) is 5.65. The molecule has 0 bridgehead atoms. The molecular formula is C11H11FN2O2. The molecule has 0 fully saturated rings. The van der Waals surface area contributed by atoms with Gasteiger partial charge >= 0.3 is 0 Å². The van der Waals surface area contributed by atoms with E-state index in [0.29, 0.717) is 5.56 Å². The monoisotopic (exact) mass is 222 g/mol. The minimum absolute atomic E-state index is 0.368. The largest absolute Gasteiger partial charge is 0.274 e. The van der Waals surface area contributed by atoms with E-state index in [1.807, 2.05) is 0 Å². The van der Waals surface area contributed by atoms with Gasteiger partial charge in [0.1, 0.15) is 5.82 Å². The minimum Gasteiger partial charge on any atom is -0.274 e. The van der Waals surface area contributed by atoms with Gasteiger partial charge in [-0.2, -0.15) is 0 Å². The second-order valence-electron chi connectivity index (χ2n) is 3.06. The predicted octanol–water partition coefficient (Wildman–Crippen LogP) is 1.01. The van der Waals surface area contributed by atoms with Crippen molar-refractivity contribution in [1.29, 1.82) is 0 Å². The molecule has 0 aliphatic carbocycles. The summed E-state index contributed by atoms with van der Waals surface area (Å²) in [4.78, 5) is 21.6. The predicted molar refractivity (Wildman–Crippen MR) is 57.4 cm³/mol. The van der Waals surface area contributed by atoms with E-state index in [2.05, 4.69) is 10.9 Å². The number of hydrazine groups is 1. The van der Waals surface area contributed by atoms with Gasteiger partial charge in [-0.1, -0.05) is 12.1 Å². The van der Waals surface area contributed by atoms with E-state index in [1.54, 1.807) is 12.1 Å². The Labute approximate surface area is 92.1 Å². The Morgan fingerprint density at radius 1 is 1.31 bits per heavy atom. The lowest BCUT2D eigenvalue weighted by atomic mass is 10.2. The summed E-state index contributed by atoms with van der Waals surface area (Å²) >= 11 is 0. The highest BCUT2D eigenvalue weighted by molar-refractivity contribution is 5.92. The Morgan fingerprint density at radius 2 is 2.06 bits per heavy atom. The molecule has 5 heteroatoms. The van der Waals surface area contributed by atoms with E-state index in [0.717, 1.165) is 0 Å². The molecule has 84 valence electrons. The number of carbonyl (C=O) groups excluding carboxylic acids is 2. The Kier molecular flexibility index (Phi) is 4.20. The summed E-state index contributed by atoms with van der Waals surface area (Å²) in [6, 6.07) is 5.81. The second-order valence-corrected chi connectivity index (χ2v) is 3.06. The van der Waals surface area contributed by atoms with E-state index < -0.39 is 5.91 Å². The Morgan fingerprint density at radius 3 is 2.69 bits per heavy atom. The zero-order chi connectivity index (χ0) is 12.0. The molecular weight excluding hydrogens is 211 g/mol. The van der Waals surface area contributed by atoms with Crippen molar-refractivity contribution in [2.24, 2.45) is 0 Å². The van der Waals surface area contributed by atoms with Crippen molar-refractivity contribution in [2.45, 2.75) is 6.92 Å². The summed E-state index contributed by atoms with van der Waals surface area (Å²) in [6.07, 6.45) is 2.64. The lowest BCUT2D eigenvalue weighted by molar-refractivity contribution is -0.125. The lowest BCUT2D eigenvalue weighted by Gasteiger charge is -2.00. The topological polar surface area (TPSA) is 58.2 Å². The first-order valence-electron chi connectivity index (χ1n) is 4.58. The van der Waals surface area contributed by atoms with E-state index in [-0.39, 0.29) is 11.7 Å². The van der Waals surface area contributed by atoms with Crippen LogP contribution in [0, 0.1) is 5.82 Å². The Hall–Kier alpha value is -2.17. The van der Waals surface area contributed by atoms with E-state index in [1.165, 1.54) is 31.2 Å². The molecule has 2 N–H and O–H groups in total. The third kappa shape index (κ3) is 4.36. The zero-order valence-corrected chi connectivity index (χ0v) is 8.66. The molecule has 16 heavy (non-hydrogen) atoms. The number of amides is 2. The van der Waals surface area contributed by atoms with Gasteiger partial charge in [0, 0.05) is 13.0 Å². The summed E-state index contributed by atoms with van der Waals surface area (Å²) in [7, 11) is 0. The van der Waals surface area contributed by atoms with E-state index in [4.69, 9.17) is 0 Å². The van der Waals surface area contributed by atoms with Gasteiger partial charge < -0.3 is 0 Å². The van der Waals surface area contributed by atoms with Crippen molar-refractivity contribution in [2.75, 3.05) is 0 Å². The highest BCUT2D eigenvalue weighted by atomic mass is 19.1. The van der Waals surface area contributed by atoms with Gasteiger partial charge in [0.25, 0.3) is 5.91 Å². The summed E-state index contributed by atoms with van der Waals surface area (Å²) in [5.41, 5.74) is 4.84. The van der Waals surface area contributed by atoms with Crippen LogP contribution in [0.25, 0.3) is 6.08 Å². The van der Waals surface area contributed by atoms with Gasteiger partial charge in [-0.15, -0.1) is 0 Å². The van der Waals surface area contributed by atoms with Crippen molar-refractivity contribution in [3.05, 3.63) is 41.7 Å². The average Bonchev–Trinajstić information content (AvgIpc) is 2.23. The molecule has 0 saturated carbocycles. The fourth-order valence-electron chi connectivity index (χ4n) is 0.973. The maximum atomic E-state index is 12.8. The molecule has 0 atom stereocenters. The molecule has 2 amide bonds. The number of halogens is 1. The maximum absolute atomic E-state index is 12.8. The van der Waals surface area contributed by atoms with Crippen LogP contribution in [0.2, 0.25) is 0 Å². The van der Waals surface area contributed by atoms with Crippen molar-refractivity contribution in [3.63, 3.8) is 0 Å². The normalized spacial score (nSPS) is 10.1. The SMILES string of the molecule is CC(=O)NNC(=O)/C=C/c1cccc(F)c1. The van der Waals surface area contributed by atoms with Gasteiger partial charge in [0.05, 0.1) is 0 Å². The molecule has 1 rings (SSSR count). The molecule has 0 spiro atoms. The van der Waals surface area contributed by atoms with Crippen LogP contribution in [-0.4, -0.2) is 11.8 Å². The molecule has 1 aromatic carbocycles. The van der Waals surface area contributed by atoms with E-state index >= 15 is 0 Å². The maximum Gasteiger partial charge on any atom is 0.262 e. The van der Waals surface area contributed by atoms with Crippen LogP contribution in [-0.2, 0) is 9.59 Å². The van der Waals surface area contributed by atoms with Gasteiger partial charge in [-0.3, -0.25) is 20.4 Å². The lowest BCUT2D eigenvalue weighted by Crippen LogP contribution is -2.39. The minimum atomic E-state index is -0.487. The average molecular weight is 222 g/mol. The molecule has 0 aliphatic rings. The van der Waals surface area contributed by atoms with Crippen LogP contribution in [0.15, 0.2) is 30.3 Å². The Balaban J connectivity index is 2.53. The molecule has 0 aromatic heterocycles. The fourth-order valence-corrected chi connectivity index (χ4v) is 0.973. The zero-order valence-electron chi connectivity index (χ0n) is 8.66. The van der Waals surface area contributed by atoms with Crippen LogP contribution >= 0.6 is 0 Å². The first kappa shape index (κ1) is 11.9. The van der Waals surface area contributed by atoms with Gasteiger partial charge in [-0.05, 0) is 23.8 Å². The number of nitrogens with one attached hydrogen (secondary N) is 2. The smallest absolute Gasteiger partial charge is 0.262 e. The van der Waals surface area contributed by atoms with Crippen molar-refractivity contribution in [3.8, 4) is 0 Å². The van der Waals surface area contributed by atoms with Crippen LogP contribution < -0.4 is 10.9 Å². The van der Waals surface area contributed by atoms with Crippen molar-refractivity contribution in [1.82, 2.24) is 10.9 Å². The van der Waals surface area contributed by atoms with Gasteiger partial charge in [0.15, 0.2) is 0 Å². The van der Waals surface area contributed by atoms with Gasteiger partial charge in [0.2, 0.25) is 5.91 Å². The first-order chi connectivity index (χ1) is 7.58. The Bertz CT molecular complexity index is 430. The van der Waals surface area contributed by atoms with Crippen molar-refractivity contribution >= 4 is 17.9 Å². The van der Waals surface area contributed by atoms with Crippen LogP contribution in [0.4, 0.5) is 4.39 Å². The number of benzene rings is 1. The highest BCUT2D eigenvalue weighted by Gasteiger charge is 1.96. The molecule has 0 radical (unpaired) electrons. The van der Waals surface area contributed by atoms with Crippen LogP contribution in [0.1, 0.15) is 12.5 Å². The van der Waals surface area contributed by atoms with Crippen LogP contribution in [0.5, 0.6) is 0 Å². The number of hydrogen-bond donors (Lipinski definition) is 2. The number of hydrogen-bond acceptors (Lipinski definition) is 2. The number of rotatable bonds is 2. The molecule has 0 unspecified atom stereocenters. The fraction of sp³-hybridized carbons (Fsp3) is 0.0909. The van der Waals surface area contributed by atoms with Crippen molar-refractivity contribution < 1.29 is 14.0 Å². The number of carbonyl (C=O) groups is 2. The summed E-state index contributed by atoms with van der Waals surface area (Å²) in [6.45, 7) is 1.27. The summed E-state index contributed by atoms with van der Waals surface area (Å²) in [5.74, 6) is -1.23. The third-order valence-corrected chi connectivity index (χ3v) is 1.64. The first-order valence-corrected chi connectivity index (χ1v) is 4.58. The molecule has 4 nitrogen and oxygen atoms in total.